The van der Waals surface area contributed by atoms with Crippen LogP contribution in [0.2, 0.25) is 0 Å². The molecule has 1 aliphatic carbocycles. The van der Waals surface area contributed by atoms with Gasteiger partial charge in [0.05, 0.1) is 25.0 Å². The molecule has 1 saturated carbocycles. The third kappa shape index (κ3) is 3.90. The van der Waals surface area contributed by atoms with E-state index in [2.05, 4.69) is 17.6 Å². The molecule has 6 unspecified atom stereocenters. The molecule has 3 amide bonds. The normalized spacial score (nSPS) is 35.4. The number of hydrogen-bond donors (Lipinski definition) is 2. The highest BCUT2D eigenvalue weighted by Gasteiger charge is 2.73. The van der Waals surface area contributed by atoms with Crippen molar-refractivity contribution in [1.82, 2.24) is 10.2 Å². The maximum Gasteiger partial charge on any atom is 0.246 e. The molecule has 5 rings (SSSR count). The number of nitrogens with one attached hydrogen (secondary N) is 2. The van der Waals surface area contributed by atoms with Crippen molar-refractivity contribution in [2.24, 2.45) is 17.8 Å². The average Bonchev–Trinajstić information content (AvgIpc) is 3.52. The monoisotopic (exact) mass is 495 g/mol. The summed E-state index contributed by atoms with van der Waals surface area (Å²) >= 11 is 0. The summed E-state index contributed by atoms with van der Waals surface area (Å²) in [7, 11) is 1.57. The molecule has 36 heavy (non-hydrogen) atoms. The van der Waals surface area contributed by atoms with E-state index < -0.39 is 29.6 Å². The lowest BCUT2D eigenvalue weighted by atomic mass is 9.74. The highest BCUT2D eigenvalue weighted by atomic mass is 16.5. The highest BCUT2D eigenvalue weighted by Crippen LogP contribution is 2.55. The fraction of sp³-hybridized carbons (Fsp3) is 0.607. The zero-order valence-electron chi connectivity index (χ0n) is 21.5. The van der Waals surface area contributed by atoms with Crippen molar-refractivity contribution in [1.29, 1.82) is 0 Å². The molecular weight excluding hydrogens is 458 g/mol. The average molecular weight is 496 g/mol. The molecule has 1 aromatic rings. The Labute approximate surface area is 212 Å². The van der Waals surface area contributed by atoms with Crippen molar-refractivity contribution in [3.8, 4) is 5.75 Å². The van der Waals surface area contributed by atoms with Gasteiger partial charge in [0, 0.05) is 23.8 Å². The van der Waals surface area contributed by atoms with Gasteiger partial charge in [-0.15, -0.1) is 0 Å². The second kappa shape index (κ2) is 9.54. The molecule has 1 spiro atoms. The first-order chi connectivity index (χ1) is 17.3. The van der Waals surface area contributed by atoms with Gasteiger partial charge >= 0.3 is 0 Å². The predicted molar refractivity (Wildman–Crippen MR) is 135 cm³/mol. The molecular formula is C28H37N3O5. The van der Waals surface area contributed by atoms with E-state index in [-0.39, 0.29) is 29.8 Å². The van der Waals surface area contributed by atoms with Crippen LogP contribution in [0, 0.1) is 17.8 Å². The molecule has 2 bridgehead atoms. The lowest BCUT2D eigenvalue weighted by molar-refractivity contribution is -0.143. The van der Waals surface area contributed by atoms with Gasteiger partial charge < -0.3 is 25.0 Å². The van der Waals surface area contributed by atoms with Crippen molar-refractivity contribution in [2.75, 3.05) is 12.4 Å². The lowest BCUT2D eigenvalue weighted by Crippen LogP contribution is -2.58. The van der Waals surface area contributed by atoms with Gasteiger partial charge in [0.15, 0.2) is 0 Å². The summed E-state index contributed by atoms with van der Waals surface area (Å²) in [6.07, 6.45) is 8.17. The molecule has 2 saturated heterocycles. The highest BCUT2D eigenvalue weighted by molar-refractivity contribution is 6.03. The molecule has 0 aromatic heterocycles. The smallest absolute Gasteiger partial charge is 0.246 e. The quantitative estimate of drug-likeness (QED) is 0.566. The van der Waals surface area contributed by atoms with Crippen LogP contribution < -0.4 is 15.4 Å². The van der Waals surface area contributed by atoms with Gasteiger partial charge in [-0.3, -0.25) is 14.4 Å². The molecule has 4 aliphatic rings. The summed E-state index contributed by atoms with van der Waals surface area (Å²) in [6.45, 7) is 6.14. The number of fused-ring (bicyclic) bond motifs is 1. The summed E-state index contributed by atoms with van der Waals surface area (Å²) < 4.78 is 11.7. The number of anilines is 1. The van der Waals surface area contributed by atoms with E-state index in [0.29, 0.717) is 23.8 Å². The summed E-state index contributed by atoms with van der Waals surface area (Å²) in [5.41, 5.74) is -0.547. The van der Waals surface area contributed by atoms with Gasteiger partial charge in [0.1, 0.15) is 17.4 Å². The topological polar surface area (TPSA) is 97.0 Å². The van der Waals surface area contributed by atoms with Crippen LogP contribution in [0.1, 0.15) is 52.9 Å². The zero-order chi connectivity index (χ0) is 25.6. The molecule has 8 heteroatoms. The minimum atomic E-state index is -1.14. The van der Waals surface area contributed by atoms with Crippen molar-refractivity contribution in [3.05, 3.63) is 36.4 Å². The Morgan fingerprint density at radius 1 is 1.25 bits per heavy atom. The molecule has 2 N–H and O–H groups in total. The van der Waals surface area contributed by atoms with E-state index in [1.807, 2.05) is 26.0 Å². The van der Waals surface area contributed by atoms with Crippen LogP contribution in [-0.2, 0) is 19.1 Å². The Bertz CT molecular complexity index is 1070. The van der Waals surface area contributed by atoms with Crippen LogP contribution in [0.5, 0.6) is 5.75 Å². The number of carbonyl (C=O) groups is 3. The minimum absolute atomic E-state index is 0.0883. The number of nitrogens with zero attached hydrogens (tertiary/aromatic N) is 1. The predicted octanol–water partition coefficient (Wildman–Crippen LogP) is 3.28. The number of ether oxygens (including phenoxy) is 2. The maximum absolute atomic E-state index is 13.9. The van der Waals surface area contributed by atoms with E-state index in [1.165, 1.54) is 6.42 Å². The van der Waals surface area contributed by atoms with Crippen molar-refractivity contribution < 1.29 is 23.9 Å². The van der Waals surface area contributed by atoms with Gasteiger partial charge in [-0.2, -0.15) is 0 Å². The fourth-order valence-electron chi connectivity index (χ4n) is 6.60. The second-order valence-electron chi connectivity index (χ2n) is 10.8. The maximum atomic E-state index is 13.9. The number of amides is 3. The third-order valence-corrected chi connectivity index (χ3v) is 8.71. The number of benzene rings is 1. The van der Waals surface area contributed by atoms with E-state index in [1.54, 1.807) is 36.3 Å². The summed E-state index contributed by atoms with van der Waals surface area (Å²) in [4.78, 5) is 43.0. The third-order valence-electron chi connectivity index (χ3n) is 8.71. The van der Waals surface area contributed by atoms with Crippen molar-refractivity contribution in [2.45, 2.75) is 82.7 Å². The molecule has 8 atom stereocenters. The van der Waals surface area contributed by atoms with Crippen LogP contribution in [-0.4, -0.2) is 59.6 Å². The van der Waals surface area contributed by atoms with Gasteiger partial charge in [-0.05, 0) is 44.2 Å². The molecule has 194 valence electrons. The van der Waals surface area contributed by atoms with E-state index in [9.17, 15) is 14.4 Å². The number of hydrogen-bond acceptors (Lipinski definition) is 5. The largest absolute Gasteiger partial charge is 0.497 e. The Kier molecular flexibility index (Phi) is 6.57. The van der Waals surface area contributed by atoms with E-state index in [0.717, 1.165) is 19.3 Å². The van der Waals surface area contributed by atoms with Gasteiger partial charge in [0.2, 0.25) is 17.7 Å². The first-order valence-corrected chi connectivity index (χ1v) is 13.2. The van der Waals surface area contributed by atoms with E-state index in [4.69, 9.17) is 9.47 Å². The molecule has 8 nitrogen and oxygen atoms in total. The number of rotatable bonds is 7. The lowest BCUT2D eigenvalue weighted by Gasteiger charge is -2.37. The fourth-order valence-corrected chi connectivity index (χ4v) is 6.60. The number of likely N-dealkylation sites (tertiary alicyclic amines) is 1. The van der Waals surface area contributed by atoms with Crippen LogP contribution in [0.25, 0.3) is 0 Å². The summed E-state index contributed by atoms with van der Waals surface area (Å²) in [5.74, 6) is -1.09. The van der Waals surface area contributed by atoms with Crippen LogP contribution in [0.15, 0.2) is 36.4 Å². The molecule has 3 aliphatic heterocycles. The Morgan fingerprint density at radius 3 is 2.75 bits per heavy atom. The second-order valence-corrected chi connectivity index (χ2v) is 10.8. The standard InChI is InChI=1S/C28H37N3O5/c1-5-17(3)31-24(26(33)30-20-12-7-6-9-16(20)2)28-14-13-21(36-28)22(23(28)27(31)34)25(32)29-18-10-8-11-19(15-18)35-4/h8,10-11,13-17,20-24H,5-7,9,12H2,1-4H3,(H,29,32)(H,30,33)/t16?,17?,20?,21-,22?,23-,24?,28?/m1/s1. The first-order valence-electron chi connectivity index (χ1n) is 13.2. The molecule has 0 radical (unpaired) electrons. The minimum Gasteiger partial charge on any atom is -0.497 e. The van der Waals surface area contributed by atoms with Gasteiger partial charge in [-0.1, -0.05) is 44.9 Å². The van der Waals surface area contributed by atoms with Crippen molar-refractivity contribution >= 4 is 23.4 Å². The van der Waals surface area contributed by atoms with Crippen molar-refractivity contribution in [3.63, 3.8) is 0 Å². The summed E-state index contributed by atoms with van der Waals surface area (Å²) in [6, 6.07) is 6.25. The SMILES string of the molecule is CCC(C)N1C(=O)[C@H]2C(C(=O)Nc3cccc(OC)c3)[C@H]3C=CC2(O3)C1C(=O)NC1CCCCC1C. The van der Waals surface area contributed by atoms with Gasteiger partial charge in [-0.25, -0.2) is 0 Å². The number of methoxy groups -OCH3 is 1. The molecule has 3 heterocycles. The molecule has 3 fully saturated rings. The zero-order valence-corrected chi connectivity index (χ0v) is 21.5. The van der Waals surface area contributed by atoms with Crippen LogP contribution in [0.3, 0.4) is 0 Å². The number of carbonyl (C=O) groups excluding carboxylic acids is 3. The Morgan fingerprint density at radius 2 is 2.03 bits per heavy atom. The first kappa shape index (κ1) is 24.8. The Hall–Kier alpha value is -2.87. The molecule has 1 aromatic carbocycles. The van der Waals surface area contributed by atoms with E-state index >= 15 is 0 Å². The van der Waals surface area contributed by atoms with Gasteiger partial charge in [0.25, 0.3) is 0 Å². The van der Waals surface area contributed by atoms with Crippen LogP contribution >= 0.6 is 0 Å². The Balaban J connectivity index is 1.44. The van der Waals surface area contributed by atoms with Crippen LogP contribution in [0.4, 0.5) is 5.69 Å². The summed E-state index contributed by atoms with van der Waals surface area (Å²) in [5, 5.41) is 6.21.